The molecule has 0 saturated heterocycles. The molecule has 2 N–H and O–H groups in total. The first kappa shape index (κ1) is 24.6. The van der Waals surface area contributed by atoms with E-state index in [0.717, 1.165) is 40.8 Å². The maximum atomic E-state index is 12.9. The van der Waals surface area contributed by atoms with Gasteiger partial charge in [0.25, 0.3) is 5.91 Å². The number of nitrogens with zero attached hydrogens (tertiary/aromatic N) is 2. The molecule has 0 aliphatic heterocycles. The van der Waals surface area contributed by atoms with Crippen molar-refractivity contribution >= 4 is 35.0 Å². The lowest BCUT2D eigenvalue weighted by Crippen LogP contribution is -2.18. The van der Waals surface area contributed by atoms with Crippen LogP contribution in [-0.2, 0) is 12.7 Å². The molecule has 5 rings (SSSR count). The molecular formula is C26H22ClF3N4O. The van der Waals surface area contributed by atoms with Crippen LogP contribution >= 0.6 is 12.4 Å². The van der Waals surface area contributed by atoms with Crippen molar-refractivity contribution in [2.45, 2.75) is 31.1 Å². The molecule has 1 fully saturated rings. The lowest BCUT2D eigenvalue weighted by Gasteiger charge is -2.10. The van der Waals surface area contributed by atoms with Crippen LogP contribution in [0.2, 0.25) is 0 Å². The number of fused-ring (bicyclic) bond motifs is 1. The normalized spacial score (nSPS) is 17.0. The fraction of sp³-hybridized carbons (Fsp3) is 0.192. The monoisotopic (exact) mass is 498 g/mol. The van der Waals surface area contributed by atoms with Crippen molar-refractivity contribution in [1.82, 2.24) is 15.3 Å². The van der Waals surface area contributed by atoms with Gasteiger partial charge in [-0.05, 0) is 66.6 Å². The van der Waals surface area contributed by atoms with Gasteiger partial charge in [0.2, 0.25) is 0 Å². The van der Waals surface area contributed by atoms with Crippen LogP contribution in [0.1, 0.15) is 39.5 Å². The summed E-state index contributed by atoms with van der Waals surface area (Å²) in [6, 6.07) is 20.0. The fourth-order valence-electron chi connectivity index (χ4n) is 3.97. The SMILES string of the molecule is Cl.O=C(Nc1ccc([C@@H]2C[C@H]2NCc2ccc3cccnc3n2)cc1)c1cccc(C(F)(F)F)c1. The highest BCUT2D eigenvalue weighted by Gasteiger charge is 2.37. The fourth-order valence-corrected chi connectivity index (χ4v) is 3.97. The Kier molecular flexibility index (Phi) is 7.05. The van der Waals surface area contributed by atoms with Crippen LogP contribution in [0.4, 0.5) is 18.9 Å². The molecule has 35 heavy (non-hydrogen) atoms. The van der Waals surface area contributed by atoms with E-state index in [2.05, 4.69) is 20.6 Å². The third-order valence-electron chi connectivity index (χ3n) is 5.91. The summed E-state index contributed by atoms with van der Waals surface area (Å²) in [7, 11) is 0. The van der Waals surface area contributed by atoms with Crippen molar-refractivity contribution in [3.63, 3.8) is 0 Å². The molecule has 5 nitrogen and oxygen atoms in total. The molecule has 2 aromatic heterocycles. The first-order valence-electron chi connectivity index (χ1n) is 10.9. The molecule has 0 radical (unpaired) electrons. The van der Waals surface area contributed by atoms with Gasteiger partial charge in [0, 0.05) is 41.3 Å². The second-order valence-electron chi connectivity index (χ2n) is 8.34. The standard InChI is InChI=1S/C26H21F3N4O.ClH/c27-26(28,29)19-5-1-3-18(13-19)25(34)33-20-9-6-16(7-10-20)22-14-23(22)31-15-21-11-8-17-4-2-12-30-24(17)32-21;/h1-13,22-23,31H,14-15H2,(H,33,34);1H/t22-,23+;/m0./s1. The summed E-state index contributed by atoms with van der Waals surface area (Å²) in [5.74, 6) is -0.214. The number of hydrogen-bond acceptors (Lipinski definition) is 4. The van der Waals surface area contributed by atoms with Gasteiger partial charge in [-0.15, -0.1) is 12.4 Å². The van der Waals surface area contributed by atoms with E-state index >= 15 is 0 Å². The summed E-state index contributed by atoms with van der Waals surface area (Å²) in [6.07, 6.45) is -1.76. The van der Waals surface area contributed by atoms with Crippen molar-refractivity contribution < 1.29 is 18.0 Å². The van der Waals surface area contributed by atoms with Crippen molar-refractivity contribution in [3.8, 4) is 0 Å². The van der Waals surface area contributed by atoms with Gasteiger partial charge in [-0.3, -0.25) is 4.79 Å². The second-order valence-corrected chi connectivity index (χ2v) is 8.34. The zero-order valence-electron chi connectivity index (χ0n) is 18.4. The molecule has 2 heterocycles. The molecule has 4 aromatic rings. The molecule has 1 saturated carbocycles. The minimum absolute atomic E-state index is 0. The average Bonchev–Trinajstić information content (AvgIpc) is 3.62. The Morgan fingerprint density at radius 1 is 1.00 bits per heavy atom. The first-order chi connectivity index (χ1) is 16.4. The quantitative estimate of drug-likeness (QED) is 0.344. The molecule has 0 bridgehead atoms. The summed E-state index contributed by atoms with van der Waals surface area (Å²) in [4.78, 5) is 21.3. The number of alkyl halides is 3. The Labute approximate surface area is 206 Å². The van der Waals surface area contributed by atoms with Crippen molar-refractivity contribution in [3.05, 3.63) is 101 Å². The molecule has 2 aromatic carbocycles. The maximum absolute atomic E-state index is 12.9. The number of carbonyl (C=O) groups is 1. The van der Waals surface area contributed by atoms with Crippen LogP contribution in [0.25, 0.3) is 11.0 Å². The lowest BCUT2D eigenvalue weighted by molar-refractivity contribution is -0.137. The first-order valence-corrected chi connectivity index (χ1v) is 10.9. The van der Waals surface area contributed by atoms with Crippen LogP contribution in [0.5, 0.6) is 0 Å². The van der Waals surface area contributed by atoms with Crippen LogP contribution < -0.4 is 10.6 Å². The summed E-state index contributed by atoms with van der Waals surface area (Å²) >= 11 is 0. The van der Waals surface area contributed by atoms with Gasteiger partial charge in [-0.2, -0.15) is 13.2 Å². The smallest absolute Gasteiger partial charge is 0.322 e. The maximum Gasteiger partial charge on any atom is 0.416 e. The minimum atomic E-state index is -4.49. The Morgan fingerprint density at radius 3 is 2.57 bits per heavy atom. The highest BCUT2D eigenvalue weighted by atomic mass is 35.5. The predicted octanol–water partition coefficient (Wildman–Crippen LogP) is 5.97. The number of pyridine rings is 2. The van der Waals surface area contributed by atoms with Gasteiger partial charge in [-0.1, -0.05) is 18.2 Å². The number of aromatic nitrogens is 2. The zero-order valence-corrected chi connectivity index (χ0v) is 19.2. The van der Waals surface area contributed by atoms with E-state index in [-0.39, 0.29) is 18.0 Å². The number of benzene rings is 2. The van der Waals surface area contributed by atoms with Crippen molar-refractivity contribution in [2.75, 3.05) is 5.32 Å². The highest BCUT2D eigenvalue weighted by Crippen LogP contribution is 2.41. The Morgan fingerprint density at radius 2 is 1.80 bits per heavy atom. The summed E-state index contributed by atoms with van der Waals surface area (Å²) in [5.41, 5.74) is 2.45. The number of halogens is 4. The third kappa shape index (κ3) is 5.78. The van der Waals surface area contributed by atoms with Gasteiger partial charge in [0.1, 0.15) is 0 Å². The van der Waals surface area contributed by atoms with Gasteiger partial charge < -0.3 is 10.6 Å². The summed E-state index contributed by atoms with van der Waals surface area (Å²) in [5, 5.41) is 7.19. The number of nitrogens with one attached hydrogen (secondary N) is 2. The number of rotatable bonds is 6. The Bertz CT molecular complexity index is 1340. The van der Waals surface area contributed by atoms with E-state index in [1.54, 1.807) is 18.3 Å². The summed E-state index contributed by atoms with van der Waals surface area (Å²) in [6.45, 7) is 0.652. The van der Waals surface area contributed by atoms with E-state index in [4.69, 9.17) is 0 Å². The van der Waals surface area contributed by atoms with Gasteiger partial charge in [0.15, 0.2) is 5.65 Å². The van der Waals surface area contributed by atoms with Crippen LogP contribution in [0.3, 0.4) is 0 Å². The Hall–Kier alpha value is -3.49. The van der Waals surface area contributed by atoms with Gasteiger partial charge in [0.05, 0.1) is 11.3 Å². The second kappa shape index (κ2) is 10.0. The number of anilines is 1. The third-order valence-corrected chi connectivity index (χ3v) is 5.91. The molecule has 1 amide bonds. The Balaban J connectivity index is 0.00000289. The zero-order chi connectivity index (χ0) is 23.7. The minimum Gasteiger partial charge on any atom is -0.322 e. The molecule has 1 aliphatic carbocycles. The van der Waals surface area contributed by atoms with Crippen LogP contribution in [0, 0.1) is 0 Å². The van der Waals surface area contributed by atoms with Crippen molar-refractivity contribution in [1.29, 1.82) is 0 Å². The molecule has 180 valence electrons. The summed E-state index contributed by atoms with van der Waals surface area (Å²) < 4.78 is 38.7. The van der Waals surface area contributed by atoms with Crippen molar-refractivity contribution in [2.24, 2.45) is 0 Å². The molecule has 0 spiro atoms. The average molecular weight is 499 g/mol. The molecule has 0 unspecified atom stereocenters. The highest BCUT2D eigenvalue weighted by molar-refractivity contribution is 6.04. The van der Waals surface area contributed by atoms with Gasteiger partial charge >= 0.3 is 6.18 Å². The van der Waals surface area contributed by atoms with Gasteiger partial charge in [-0.25, -0.2) is 9.97 Å². The van der Waals surface area contributed by atoms with E-state index in [9.17, 15) is 18.0 Å². The predicted molar refractivity (Wildman–Crippen MR) is 131 cm³/mol. The van der Waals surface area contributed by atoms with Crippen LogP contribution in [-0.4, -0.2) is 21.9 Å². The van der Waals surface area contributed by atoms with E-state index in [1.807, 2.05) is 36.4 Å². The number of amides is 1. The molecular weight excluding hydrogens is 477 g/mol. The van der Waals surface area contributed by atoms with E-state index in [1.165, 1.54) is 12.1 Å². The number of carbonyl (C=O) groups excluding carboxylic acids is 1. The van der Waals surface area contributed by atoms with E-state index in [0.29, 0.717) is 24.2 Å². The molecule has 2 atom stereocenters. The molecule has 9 heteroatoms. The topological polar surface area (TPSA) is 66.9 Å². The lowest BCUT2D eigenvalue weighted by atomic mass is 10.1. The molecule has 1 aliphatic rings. The number of hydrogen-bond donors (Lipinski definition) is 2. The largest absolute Gasteiger partial charge is 0.416 e. The van der Waals surface area contributed by atoms with Crippen LogP contribution in [0.15, 0.2) is 79.0 Å². The van der Waals surface area contributed by atoms with E-state index < -0.39 is 17.6 Å².